The zero-order valence-corrected chi connectivity index (χ0v) is 19.3. The predicted molar refractivity (Wildman–Crippen MR) is 116 cm³/mol. The maximum Gasteiger partial charge on any atom is 0.422 e. The number of ether oxygens (including phenoxy) is 2. The molecule has 1 aliphatic rings. The van der Waals surface area contributed by atoms with Crippen molar-refractivity contribution in [2.24, 2.45) is 5.92 Å². The number of Topliss-reactive ketones (excluding diaryl/α,β-unsaturated/α-hetero) is 1. The number of carbonyl (C=O) groups is 1. The minimum Gasteiger partial charge on any atom is -0.478 e. The lowest BCUT2D eigenvalue weighted by Crippen LogP contribution is -2.19. The van der Waals surface area contributed by atoms with Crippen LogP contribution in [0.5, 0.6) is 17.4 Å². The van der Waals surface area contributed by atoms with Crippen LogP contribution < -0.4 is 9.47 Å². The van der Waals surface area contributed by atoms with E-state index in [1.165, 1.54) is 12.3 Å². The first-order valence-corrected chi connectivity index (χ1v) is 12.5. The van der Waals surface area contributed by atoms with Crippen LogP contribution in [0.25, 0.3) is 5.65 Å². The minimum absolute atomic E-state index is 0.0433. The van der Waals surface area contributed by atoms with Gasteiger partial charge in [-0.15, -0.1) is 0 Å². The molecule has 0 amide bonds. The van der Waals surface area contributed by atoms with Gasteiger partial charge in [0, 0.05) is 12.5 Å². The molecule has 0 saturated carbocycles. The molecule has 1 fully saturated rings. The van der Waals surface area contributed by atoms with Crippen LogP contribution in [0.15, 0.2) is 30.6 Å². The SMILES string of the molecule is Cc1c(C(=O)CC[C@H]2CCS(=O)(=O)C2)nc2ccc(Oc3ncc(F)cc3OCC(F)(F)F)cn12. The van der Waals surface area contributed by atoms with Gasteiger partial charge in [-0.1, -0.05) is 0 Å². The predicted octanol–water partition coefficient (Wildman–Crippen LogP) is 4.31. The highest BCUT2D eigenvalue weighted by atomic mass is 32.2. The van der Waals surface area contributed by atoms with Gasteiger partial charge in [-0.2, -0.15) is 13.2 Å². The van der Waals surface area contributed by atoms with Crippen molar-refractivity contribution >= 4 is 21.3 Å². The van der Waals surface area contributed by atoms with E-state index in [2.05, 4.69) is 14.7 Å². The molecule has 1 aliphatic heterocycles. The number of pyridine rings is 2. The van der Waals surface area contributed by atoms with E-state index in [1.54, 1.807) is 17.4 Å². The summed E-state index contributed by atoms with van der Waals surface area (Å²) in [6.45, 7) is 0.0253. The van der Waals surface area contributed by atoms with Gasteiger partial charge in [-0.3, -0.25) is 9.20 Å². The highest BCUT2D eigenvalue weighted by Crippen LogP contribution is 2.32. The average molecular weight is 515 g/mol. The normalized spacial score (nSPS) is 17.6. The largest absolute Gasteiger partial charge is 0.478 e. The van der Waals surface area contributed by atoms with Crippen LogP contribution in [-0.4, -0.2) is 52.9 Å². The van der Waals surface area contributed by atoms with E-state index in [-0.39, 0.29) is 47.0 Å². The molecular weight excluding hydrogens is 494 g/mol. The lowest BCUT2D eigenvalue weighted by Gasteiger charge is -2.13. The molecule has 0 aromatic carbocycles. The summed E-state index contributed by atoms with van der Waals surface area (Å²) < 4.78 is 86.0. The lowest BCUT2D eigenvalue weighted by molar-refractivity contribution is -0.153. The van der Waals surface area contributed by atoms with Gasteiger partial charge in [0.2, 0.25) is 0 Å². The van der Waals surface area contributed by atoms with E-state index in [0.717, 1.165) is 12.3 Å². The van der Waals surface area contributed by atoms with Crippen LogP contribution in [0.4, 0.5) is 17.6 Å². The lowest BCUT2D eigenvalue weighted by atomic mass is 10.00. The maximum atomic E-state index is 13.5. The number of ketones is 1. The van der Waals surface area contributed by atoms with Crippen molar-refractivity contribution in [2.75, 3.05) is 18.1 Å². The Hall–Kier alpha value is -3.22. The number of nitrogens with zero attached hydrogens (tertiary/aromatic N) is 3. The molecule has 3 aromatic rings. The first-order valence-electron chi connectivity index (χ1n) is 10.7. The molecule has 35 heavy (non-hydrogen) atoms. The molecule has 0 radical (unpaired) electrons. The van der Waals surface area contributed by atoms with Crippen LogP contribution in [0.1, 0.15) is 35.4 Å². The highest BCUT2D eigenvalue weighted by Gasteiger charge is 2.30. The summed E-state index contributed by atoms with van der Waals surface area (Å²) in [5.74, 6) is -1.66. The maximum absolute atomic E-state index is 13.5. The number of hydrogen-bond donors (Lipinski definition) is 0. The third-order valence-electron chi connectivity index (χ3n) is 5.59. The third-order valence-corrected chi connectivity index (χ3v) is 7.43. The van der Waals surface area contributed by atoms with Crippen molar-refractivity contribution in [1.29, 1.82) is 0 Å². The van der Waals surface area contributed by atoms with E-state index in [9.17, 15) is 30.8 Å². The van der Waals surface area contributed by atoms with Gasteiger partial charge in [0.15, 0.2) is 28.0 Å². The first-order chi connectivity index (χ1) is 16.4. The standard InChI is InChI=1S/C22H21F4N3O5S/c1-13-20(17(30)4-2-14-6-7-35(31,32)11-14)28-19-5-3-16(10-29(13)19)34-21-18(8-15(23)9-27-21)33-12-22(24,25)26/h3,5,8-10,14H,2,4,6-7,11-12H2,1H3/t14-/m0/s1. The Morgan fingerprint density at radius 2 is 2.06 bits per heavy atom. The van der Waals surface area contributed by atoms with E-state index in [4.69, 9.17) is 4.74 Å². The molecule has 4 rings (SSSR count). The van der Waals surface area contributed by atoms with Gasteiger partial charge < -0.3 is 9.47 Å². The van der Waals surface area contributed by atoms with Crippen LogP contribution in [-0.2, 0) is 9.84 Å². The zero-order chi connectivity index (χ0) is 25.4. The molecule has 8 nitrogen and oxygen atoms in total. The van der Waals surface area contributed by atoms with E-state index in [0.29, 0.717) is 24.2 Å². The zero-order valence-electron chi connectivity index (χ0n) is 18.5. The highest BCUT2D eigenvalue weighted by molar-refractivity contribution is 7.91. The molecule has 4 heterocycles. The number of sulfone groups is 1. The fourth-order valence-electron chi connectivity index (χ4n) is 3.88. The number of alkyl halides is 3. The molecule has 1 atom stereocenters. The molecular formula is C22H21F4N3O5S. The van der Waals surface area contributed by atoms with Crippen molar-refractivity contribution in [3.8, 4) is 17.4 Å². The summed E-state index contributed by atoms with van der Waals surface area (Å²) >= 11 is 0. The molecule has 0 N–H and O–H groups in total. The van der Waals surface area contributed by atoms with Crippen LogP contribution in [0, 0.1) is 18.7 Å². The van der Waals surface area contributed by atoms with Crippen molar-refractivity contribution in [2.45, 2.75) is 32.4 Å². The summed E-state index contributed by atoms with van der Waals surface area (Å²) in [6.07, 6.45) is -1.22. The Labute approximate surface area is 197 Å². The van der Waals surface area contributed by atoms with Gasteiger partial charge in [-0.05, 0) is 37.8 Å². The molecule has 0 spiro atoms. The van der Waals surface area contributed by atoms with E-state index >= 15 is 0 Å². The number of hydrogen-bond acceptors (Lipinski definition) is 7. The van der Waals surface area contributed by atoms with E-state index in [1.807, 2.05) is 0 Å². The minimum atomic E-state index is -4.63. The number of aromatic nitrogens is 3. The smallest absolute Gasteiger partial charge is 0.422 e. The Morgan fingerprint density at radius 3 is 2.74 bits per heavy atom. The van der Waals surface area contributed by atoms with Crippen molar-refractivity contribution in [3.05, 3.63) is 47.8 Å². The van der Waals surface area contributed by atoms with Gasteiger partial charge in [0.25, 0.3) is 5.88 Å². The van der Waals surface area contributed by atoms with Gasteiger partial charge in [0.1, 0.15) is 22.9 Å². The summed E-state index contributed by atoms with van der Waals surface area (Å²) in [7, 11) is -3.02. The number of halogens is 4. The molecule has 1 saturated heterocycles. The molecule has 0 bridgehead atoms. The molecule has 3 aromatic heterocycles. The Bertz CT molecular complexity index is 1370. The number of fused-ring (bicyclic) bond motifs is 1. The van der Waals surface area contributed by atoms with Crippen molar-refractivity contribution < 1.29 is 40.2 Å². The number of aryl methyl sites for hydroxylation is 1. The van der Waals surface area contributed by atoms with Crippen molar-refractivity contribution in [1.82, 2.24) is 14.4 Å². The molecule has 188 valence electrons. The average Bonchev–Trinajstić information content (AvgIpc) is 3.30. The fraction of sp³-hybridized carbons (Fsp3) is 0.409. The number of imidazole rings is 1. The first kappa shape index (κ1) is 24.9. The summed E-state index contributed by atoms with van der Waals surface area (Å²) in [6, 6.07) is 3.75. The summed E-state index contributed by atoms with van der Waals surface area (Å²) in [4.78, 5) is 20.8. The van der Waals surface area contributed by atoms with E-state index < -0.39 is 34.2 Å². The second kappa shape index (κ2) is 9.44. The van der Waals surface area contributed by atoms with Crippen LogP contribution in [0.2, 0.25) is 0 Å². The summed E-state index contributed by atoms with van der Waals surface area (Å²) in [5, 5.41) is 0. The molecule has 0 aliphatic carbocycles. The fourth-order valence-corrected chi connectivity index (χ4v) is 5.79. The molecule has 0 unspecified atom stereocenters. The number of rotatable bonds is 8. The topological polar surface area (TPSA) is 99.9 Å². The van der Waals surface area contributed by atoms with Crippen LogP contribution in [0.3, 0.4) is 0 Å². The summed E-state index contributed by atoms with van der Waals surface area (Å²) in [5.41, 5.74) is 1.18. The number of carbonyl (C=O) groups excluding carboxylic acids is 1. The Morgan fingerprint density at radius 1 is 1.29 bits per heavy atom. The monoisotopic (exact) mass is 515 g/mol. The third kappa shape index (κ3) is 6.08. The second-order valence-electron chi connectivity index (χ2n) is 8.33. The Kier molecular flexibility index (Phi) is 6.71. The van der Waals surface area contributed by atoms with Gasteiger partial charge >= 0.3 is 6.18 Å². The van der Waals surface area contributed by atoms with Gasteiger partial charge in [-0.25, -0.2) is 22.8 Å². The second-order valence-corrected chi connectivity index (χ2v) is 10.6. The van der Waals surface area contributed by atoms with Gasteiger partial charge in [0.05, 0.1) is 29.6 Å². The quantitative estimate of drug-likeness (QED) is 0.326. The Balaban J connectivity index is 1.51. The van der Waals surface area contributed by atoms with Crippen molar-refractivity contribution in [3.63, 3.8) is 0 Å². The van der Waals surface area contributed by atoms with Crippen LogP contribution >= 0.6 is 0 Å². The molecule has 13 heteroatoms.